The van der Waals surface area contributed by atoms with Gasteiger partial charge in [0, 0.05) is 6.42 Å². The number of hydrogen-bond donors (Lipinski definition) is 2. The molecule has 1 heterocycles. The minimum Gasteiger partial charge on any atom is -0.394 e. The fourth-order valence-corrected chi connectivity index (χ4v) is 1.01. The van der Waals surface area contributed by atoms with Crippen molar-refractivity contribution in [3.8, 4) is 0 Å². The van der Waals surface area contributed by atoms with Crippen molar-refractivity contribution in [2.75, 3.05) is 6.61 Å². The summed E-state index contributed by atoms with van der Waals surface area (Å²) in [5.74, 6) is 0. The molecule has 0 aromatic rings. The second kappa shape index (κ2) is 3.09. The number of hydrogen-bond acceptors (Lipinski definition) is 4. The van der Waals surface area contributed by atoms with E-state index in [1.165, 1.54) is 0 Å². The number of aldehydes is 1. The first-order valence-electron chi connectivity index (χ1n) is 3.17. The molecule has 0 aromatic carbocycles. The van der Waals surface area contributed by atoms with E-state index in [1.807, 2.05) is 0 Å². The van der Waals surface area contributed by atoms with Gasteiger partial charge in [0.1, 0.15) is 18.5 Å². The standard InChI is InChI=1S/C6H10O4/c7-2-4-1-5(9)6(3-8)10-4/h2,4-6,8-9H,1,3H2/t4-,5?,6-/m0/s1. The van der Waals surface area contributed by atoms with Crippen LogP contribution in [0.5, 0.6) is 0 Å². The summed E-state index contributed by atoms with van der Waals surface area (Å²) in [6, 6.07) is 0. The van der Waals surface area contributed by atoms with Crippen LogP contribution >= 0.6 is 0 Å². The van der Waals surface area contributed by atoms with Crippen LogP contribution in [-0.4, -0.2) is 41.4 Å². The Morgan fingerprint density at radius 1 is 1.70 bits per heavy atom. The van der Waals surface area contributed by atoms with Crippen molar-refractivity contribution in [3.05, 3.63) is 0 Å². The van der Waals surface area contributed by atoms with E-state index in [0.717, 1.165) is 0 Å². The number of aliphatic hydroxyl groups excluding tert-OH is 2. The summed E-state index contributed by atoms with van der Waals surface area (Å²) in [4.78, 5) is 10.1. The molecule has 1 aliphatic rings. The SMILES string of the molecule is O=C[C@@H]1CC(O)[C@H](CO)O1. The lowest BCUT2D eigenvalue weighted by Crippen LogP contribution is -2.24. The highest BCUT2D eigenvalue weighted by molar-refractivity contribution is 5.56. The Balaban J connectivity index is 2.43. The zero-order chi connectivity index (χ0) is 7.56. The summed E-state index contributed by atoms with van der Waals surface area (Å²) < 4.78 is 4.90. The Kier molecular flexibility index (Phi) is 2.37. The van der Waals surface area contributed by atoms with Crippen molar-refractivity contribution in [2.45, 2.75) is 24.7 Å². The van der Waals surface area contributed by atoms with Crippen molar-refractivity contribution in [1.82, 2.24) is 0 Å². The van der Waals surface area contributed by atoms with Crippen molar-refractivity contribution in [2.24, 2.45) is 0 Å². The molecule has 10 heavy (non-hydrogen) atoms. The average molecular weight is 146 g/mol. The van der Waals surface area contributed by atoms with Gasteiger partial charge in [-0.05, 0) is 0 Å². The van der Waals surface area contributed by atoms with E-state index in [2.05, 4.69) is 0 Å². The molecule has 4 heteroatoms. The van der Waals surface area contributed by atoms with Crippen molar-refractivity contribution < 1.29 is 19.7 Å². The minimum atomic E-state index is -0.694. The van der Waals surface area contributed by atoms with Gasteiger partial charge in [0.2, 0.25) is 0 Å². The first kappa shape index (κ1) is 7.65. The third-order valence-electron chi connectivity index (χ3n) is 1.58. The third kappa shape index (κ3) is 1.34. The van der Waals surface area contributed by atoms with Crippen LogP contribution < -0.4 is 0 Å². The average Bonchev–Trinajstić information content (AvgIpc) is 2.30. The number of carbonyl (C=O) groups is 1. The quantitative estimate of drug-likeness (QED) is 0.475. The molecular weight excluding hydrogens is 136 g/mol. The van der Waals surface area contributed by atoms with Crippen LogP contribution in [0, 0.1) is 0 Å². The van der Waals surface area contributed by atoms with Gasteiger partial charge in [0.15, 0.2) is 0 Å². The fraction of sp³-hybridized carbons (Fsp3) is 0.833. The summed E-state index contributed by atoms with van der Waals surface area (Å²) >= 11 is 0. The van der Waals surface area contributed by atoms with Gasteiger partial charge in [-0.1, -0.05) is 0 Å². The van der Waals surface area contributed by atoms with Crippen LogP contribution in [0.1, 0.15) is 6.42 Å². The molecule has 0 aliphatic carbocycles. The van der Waals surface area contributed by atoms with E-state index in [4.69, 9.17) is 14.9 Å². The summed E-state index contributed by atoms with van der Waals surface area (Å²) in [5, 5.41) is 17.6. The highest BCUT2D eigenvalue weighted by atomic mass is 16.5. The van der Waals surface area contributed by atoms with Crippen LogP contribution in [0.25, 0.3) is 0 Å². The zero-order valence-electron chi connectivity index (χ0n) is 5.43. The Morgan fingerprint density at radius 2 is 2.40 bits per heavy atom. The van der Waals surface area contributed by atoms with Gasteiger partial charge in [-0.3, -0.25) is 0 Å². The third-order valence-corrected chi connectivity index (χ3v) is 1.58. The Morgan fingerprint density at radius 3 is 2.70 bits per heavy atom. The molecule has 1 unspecified atom stereocenters. The van der Waals surface area contributed by atoms with Gasteiger partial charge in [0.25, 0.3) is 0 Å². The first-order chi connectivity index (χ1) is 4.77. The molecule has 2 N–H and O–H groups in total. The Labute approximate surface area is 58.4 Å². The van der Waals surface area contributed by atoms with Crippen molar-refractivity contribution in [1.29, 1.82) is 0 Å². The summed E-state index contributed by atoms with van der Waals surface area (Å²) in [6.07, 6.45) is -0.865. The molecule has 58 valence electrons. The van der Waals surface area contributed by atoms with Gasteiger partial charge in [0.05, 0.1) is 12.7 Å². The topological polar surface area (TPSA) is 66.8 Å². The summed E-state index contributed by atoms with van der Waals surface area (Å²) in [5.41, 5.74) is 0. The van der Waals surface area contributed by atoms with Crippen molar-refractivity contribution in [3.63, 3.8) is 0 Å². The molecule has 0 radical (unpaired) electrons. The molecular formula is C6H10O4. The highest BCUT2D eigenvalue weighted by Crippen LogP contribution is 2.17. The molecule has 4 nitrogen and oxygen atoms in total. The lowest BCUT2D eigenvalue weighted by molar-refractivity contribution is -0.118. The minimum absolute atomic E-state index is 0.231. The van der Waals surface area contributed by atoms with Crippen LogP contribution in [0.15, 0.2) is 0 Å². The maximum Gasteiger partial charge on any atom is 0.148 e. The molecule has 0 aromatic heterocycles. The van der Waals surface area contributed by atoms with Crippen molar-refractivity contribution >= 4 is 6.29 Å². The van der Waals surface area contributed by atoms with E-state index in [9.17, 15) is 4.79 Å². The second-order valence-corrected chi connectivity index (χ2v) is 2.33. The monoisotopic (exact) mass is 146 g/mol. The summed E-state index contributed by atoms with van der Waals surface area (Å²) in [7, 11) is 0. The van der Waals surface area contributed by atoms with E-state index in [1.54, 1.807) is 0 Å². The number of aliphatic hydroxyl groups is 2. The molecule has 1 aliphatic heterocycles. The summed E-state index contributed by atoms with van der Waals surface area (Å²) in [6.45, 7) is -0.231. The predicted molar refractivity (Wildman–Crippen MR) is 32.4 cm³/mol. The van der Waals surface area contributed by atoms with E-state index < -0.39 is 18.3 Å². The van der Waals surface area contributed by atoms with E-state index >= 15 is 0 Å². The lowest BCUT2D eigenvalue weighted by atomic mass is 10.1. The van der Waals surface area contributed by atoms with Gasteiger partial charge >= 0.3 is 0 Å². The lowest BCUT2D eigenvalue weighted by Gasteiger charge is -2.08. The molecule has 0 saturated carbocycles. The van der Waals surface area contributed by atoms with Crippen LogP contribution in [-0.2, 0) is 9.53 Å². The smallest absolute Gasteiger partial charge is 0.148 e. The molecule has 1 rings (SSSR count). The fourth-order valence-electron chi connectivity index (χ4n) is 1.01. The predicted octanol–water partition coefficient (Wildman–Crippen LogP) is -1.30. The zero-order valence-corrected chi connectivity index (χ0v) is 5.43. The largest absolute Gasteiger partial charge is 0.394 e. The van der Waals surface area contributed by atoms with Gasteiger partial charge < -0.3 is 19.7 Å². The molecule has 0 bridgehead atoms. The van der Waals surface area contributed by atoms with Crippen LogP contribution in [0.4, 0.5) is 0 Å². The van der Waals surface area contributed by atoms with E-state index in [0.29, 0.717) is 12.7 Å². The number of carbonyl (C=O) groups excluding carboxylic acids is 1. The van der Waals surface area contributed by atoms with Gasteiger partial charge in [-0.2, -0.15) is 0 Å². The number of ether oxygens (including phenoxy) is 1. The highest BCUT2D eigenvalue weighted by Gasteiger charge is 2.32. The molecule has 0 amide bonds. The van der Waals surface area contributed by atoms with E-state index in [-0.39, 0.29) is 6.61 Å². The number of rotatable bonds is 2. The van der Waals surface area contributed by atoms with Crippen LogP contribution in [0.3, 0.4) is 0 Å². The molecule has 3 atom stereocenters. The van der Waals surface area contributed by atoms with Crippen LogP contribution in [0.2, 0.25) is 0 Å². The molecule has 1 saturated heterocycles. The normalized spacial score (nSPS) is 40.0. The Hall–Kier alpha value is -0.450. The maximum atomic E-state index is 10.1. The maximum absolute atomic E-state index is 10.1. The van der Waals surface area contributed by atoms with Gasteiger partial charge in [-0.15, -0.1) is 0 Å². The molecule has 0 spiro atoms. The van der Waals surface area contributed by atoms with Gasteiger partial charge in [-0.25, -0.2) is 0 Å². The second-order valence-electron chi connectivity index (χ2n) is 2.33. The first-order valence-corrected chi connectivity index (χ1v) is 3.17. The Bertz CT molecular complexity index is 125. The molecule has 1 fully saturated rings.